The van der Waals surface area contributed by atoms with Gasteiger partial charge in [-0.15, -0.1) is 11.8 Å². The van der Waals surface area contributed by atoms with Crippen molar-refractivity contribution in [1.29, 1.82) is 0 Å². The summed E-state index contributed by atoms with van der Waals surface area (Å²) >= 11 is 7.38. The first-order valence-corrected chi connectivity index (χ1v) is 10.1. The molecule has 0 bridgehead atoms. The Morgan fingerprint density at radius 3 is 2.46 bits per heavy atom. The Morgan fingerprint density at radius 2 is 1.88 bits per heavy atom. The fourth-order valence-corrected chi connectivity index (χ4v) is 3.51. The monoisotopic (exact) mass is 386 g/mol. The van der Waals surface area contributed by atoms with Crippen molar-refractivity contribution in [3.05, 3.63) is 47.6 Å². The average molecular weight is 387 g/mol. The molecule has 0 N–H and O–H groups in total. The fraction of sp³-hybridized carbons (Fsp3) is 0.312. The van der Waals surface area contributed by atoms with E-state index in [-0.39, 0.29) is 4.90 Å². The molecule has 0 aliphatic carbocycles. The molecule has 0 atom stereocenters. The number of hydrogen-bond donors (Lipinski definition) is 0. The van der Waals surface area contributed by atoms with E-state index in [0.29, 0.717) is 11.6 Å². The lowest BCUT2D eigenvalue weighted by molar-refractivity contribution is 0.318. The molecule has 1 heterocycles. The Labute approximate surface area is 152 Å². The van der Waals surface area contributed by atoms with Crippen molar-refractivity contribution in [3.63, 3.8) is 0 Å². The molecule has 24 heavy (non-hydrogen) atoms. The van der Waals surface area contributed by atoms with Crippen molar-refractivity contribution in [3.8, 4) is 5.75 Å². The predicted molar refractivity (Wildman–Crippen MR) is 97.4 cm³/mol. The van der Waals surface area contributed by atoms with Gasteiger partial charge in [0.15, 0.2) is 0 Å². The normalized spacial score (nSPS) is 11.7. The van der Waals surface area contributed by atoms with Gasteiger partial charge in [0.25, 0.3) is 0 Å². The summed E-state index contributed by atoms with van der Waals surface area (Å²) in [6.07, 6.45) is 2.24. The minimum absolute atomic E-state index is 0.197. The molecule has 2 rings (SSSR count). The number of benzene rings is 1. The van der Waals surface area contributed by atoms with Crippen LogP contribution in [0.15, 0.2) is 52.5 Å². The molecule has 0 unspecified atom stereocenters. The zero-order valence-corrected chi connectivity index (χ0v) is 15.9. The molecule has 0 saturated heterocycles. The first kappa shape index (κ1) is 19.1. The number of nitrogens with zero attached hydrogens (tertiary/aromatic N) is 2. The number of thioether (sulfide) groups is 1. The third-order valence-electron chi connectivity index (χ3n) is 3.11. The highest BCUT2D eigenvalue weighted by Crippen LogP contribution is 2.20. The molecule has 0 aliphatic heterocycles. The van der Waals surface area contributed by atoms with Gasteiger partial charge < -0.3 is 4.74 Å². The molecule has 8 heteroatoms. The van der Waals surface area contributed by atoms with Crippen LogP contribution in [0.4, 0.5) is 0 Å². The first-order valence-electron chi connectivity index (χ1n) is 7.29. The minimum Gasteiger partial charge on any atom is -0.494 e. The Kier molecular flexibility index (Phi) is 6.91. The van der Waals surface area contributed by atoms with Crippen LogP contribution in [0.5, 0.6) is 5.75 Å². The summed E-state index contributed by atoms with van der Waals surface area (Å²) in [4.78, 5) is 4.39. The SMILES string of the molecule is CN(C)S(=O)(=O)c1ccc(SCCCOc2ccc(Cl)cc2)nc1. The van der Waals surface area contributed by atoms with Gasteiger partial charge in [-0.1, -0.05) is 11.6 Å². The lowest BCUT2D eigenvalue weighted by Gasteiger charge is -2.11. The van der Waals surface area contributed by atoms with Gasteiger partial charge in [-0.25, -0.2) is 17.7 Å². The molecule has 1 aromatic carbocycles. The van der Waals surface area contributed by atoms with Crippen molar-refractivity contribution in [2.75, 3.05) is 26.5 Å². The van der Waals surface area contributed by atoms with Gasteiger partial charge in [0.1, 0.15) is 10.6 Å². The van der Waals surface area contributed by atoms with Crippen molar-refractivity contribution >= 4 is 33.4 Å². The van der Waals surface area contributed by atoms with Gasteiger partial charge in [0.05, 0.1) is 11.6 Å². The molecule has 0 saturated carbocycles. The summed E-state index contributed by atoms with van der Waals surface area (Å²) in [6, 6.07) is 10.6. The zero-order chi connectivity index (χ0) is 17.6. The van der Waals surface area contributed by atoms with E-state index in [0.717, 1.165) is 22.9 Å². The Morgan fingerprint density at radius 1 is 1.17 bits per heavy atom. The maximum atomic E-state index is 12.0. The van der Waals surface area contributed by atoms with E-state index in [2.05, 4.69) is 4.98 Å². The summed E-state index contributed by atoms with van der Waals surface area (Å²) in [7, 11) is -0.427. The molecule has 0 fully saturated rings. The van der Waals surface area contributed by atoms with Crippen LogP contribution in [-0.2, 0) is 10.0 Å². The van der Waals surface area contributed by atoms with E-state index in [1.165, 1.54) is 24.6 Å². The third-order valence-corrected chi connectivity index (χ3v) is 6.19. The molecular weight excluding hydrogens is 368 g/mol. The highest BCUT2D eigenvalue weighted by Gasteiger charge is 2.17. The van der Waals surface area contributed by atoms with E-state index in [9.17, 15) is 8.42 Å². The number of halogens is 1. The van der Waals surface area contributed by atoms with Gasteiger partial charge >= 0.3 is 0 Å². The smallest absolute Gasteiger partial charge is 0.244 e. The molecular formula is C16H19ClN2O3S2. The molecule has 0 aliphatic rings. The van der Waals surface area contributed by atoms with Gasteiger partial charge in [0, 0.05) is 31.1 Å². The predicted octanol–water partition coefficient (Wildman–Crippen LogP) is 3.55. The van der Waals surface area contributed by atoms with E-state index in [1.807, 2.05) is 12.1 Å². The van der Waals surface area contributed by atoms with Crippen molar-refractivity contribution < 1.29 is 13.2 Å². The van der Waals surface area contributed by atoms with Crippen molar-refractivity contribution in [2.45, 2.75) is 16.3 Å². The average Bonchev–Trinajstić information content (AvgIpc) is 2.56. The van der Waals surface area contributed by atoms with Crippen LogP contribution >= 0.6 is 23.4 Å². The lowest BCUT2D eigenvalue weighted by Crippen LogP contribution is -2.22. The molecule has 2 aromatic rings. The van der Waals surface area contributed by atoms with Crippen LogP contribution in [0.25, 0.3) is 0 Å². The zero-order valence-electron chi connectivity index (χ0n) is 13.5. The maximum Gasteiger partial charge on any atom is 0.244 e. The highest BCUT2D eigenvalue weighted by atomic mass is 35.5. The second kappa shape index (κ2) is 8.71. The summed E-state index contributed by atoms with van der Waals surface area (Å²) in [6.45, 7) is 0.599. The topological polar surface area (TPSA) is 59.5 Å². The summed E-state index contributed by atoms with van der Waals surface area (Å²) in [5.74, 6) is 1.63. The van der Waals surface area contributed by atoms with Crippen LogP contribution in [-0.4, -0.2) is 44.2 Å². The van der Waals surface area contributed by atoms with E-state index < -0.39 is 10.0 Å². The van der Waals surface area contributed by atoms with Crippen LogP contribution < -0.4 is 4.74 Å². The van der Waals surface area contributed by atoms with Gasteiger partial charge in [0.2, 0.25) is 10.0 Å². The summed E-state index contributed by atoms with van der Waals surface area (Å²) in [5, 5.41) is 1.47. The van der Waals surface area contributed by atoms with Gasteiger partial charge in [-0.05, 0) is 42.8 Å². The number of aromatic nitrogens is 1. The van der Waals surface area contributed by atoms with E-state index >= 15 is 0 Å². The van der Waals surface area contributed by atoms with E-state index in [1.54, 1.807) is 36.0 Å². The van der Waals surface area contributed by atoms with Gasteiger partial charge in [-0.3, -0.25) is 0 Å². The van der Waals surface area contributed by atoms with Crippen molar-refractivity contribution in [2.24, 2.45) is 0 Å². The van der Waals surface area contributed by atoms with Gasteiger partial charge in [-0.2, -0.15) is 0 Å². The number of hydrogen-bond acceptors (Lipinski definition) is 5. The summed E-state index contributed by atoms with van der Waals surface area (Å²) in [5.41, 5.74) is 0. The van der Waals surface area contributed by atoms with Crippen LogP contribution in [0.3, 0.4) is 0 Å². The quantitative estimate of drug-likeness (QED) is 0.513. The van der Waals surface area contributed by atoms with Crippen molar-refractivity contribution in [1.82, 2.24) is 9.29 Å². The second-order valence-corrected chi connectivity index (χ2v) is 8.83. The number of pyridine rings is 1. The van der Waals surface area contributed by atoms with Crippen LogP contribution in [0.1, 0.15) is 6.42 Å². The Hall–Kier alpha value is -1.28. The second-order valence-electron chi connectivity index (χ2n) is 5.12. The molecule has 0 amide bonds. The van der Waals surface area contributed by atoms with Crippen LogP contribution in [0, 0.1) is 0 Å². The maximum absolute atomic E-state index is 12.0. The van der Waals surface area contributed by atoms with E-state index in [4.69, 9.17) is 16.3 Å². The number of sulfonamides is 1. The molecule has 1 aromatic heterocycles. The number of rotatable bonds is 8. The third kappa shape index (κ3) is 5.37. The lowest BCUT2D eigenvalue weighted by atomic mass is 10.3. The summed E-state index contributed by atoms with van der Waals surface area (Å²) < 4.78 is 30.7. The van der Waals surface area contributed by atoms with Crippen LogP contribution in [0.2, 0.25) is 5.02 Å². The first-order chi connectivity index (χ1) is 11.4. The molecule has 0 spiro atoms. The highest BCUT2D eigenvalue weighted by molar-refractivity contribution is 7.99. The molecule has 0 radical (unpaired) electrons. The minimum atomic E-state index is -3.42. The fourth-order valence-electron chi connectivity index (χ4n) is 1.77. The largest absolute Gasteiger partial charge is 0.494 e. The number of ether oxygens (including phenoxy) is 1. The molecule has 130 valence electrons. The standard InChI is InChI=1S/C16H19ClN2O3S2/c1-19(2)24(20,21)15-8-9-16(18-12-15)23-11-3-10-22-14-6-4-13(17)5-7-14/h4-9,12H,3,10-11H2,1-2H3. The Bertz CT molecular complexity index is 748. The Balaban J connectivity index is 1.76. The molecule has 5 nitrogen and oxygen atoms in total.